The summed E-state index contributed by atoms with van der Waals surface area (Å²) in [5.74, 6) is 2.86. The van der Waals surface area contributed by atoms with E-state index >= 15 is 0 Å². The third-order valence-corrected chi connectivity index (χ3v) is 3.96. The van der Waals surface area contributed by atoms with Gasteiger partial charge in [0.15, 0.2) is 0 Å². The zero-order valence-electron chi connectivity index (χ0n) is 8.58. The van der Waals surface area contributed by atoms with Crippen LogP contribution >= 0.6 is 11.8 Å². The van der Waals surface area contributed by atoms with Gasteiger partial charge in [0.1, 0.15) is 0 Å². The molecule has 1 atom stereocenters. The lowest BCUT2D eigenvalue weighted by molar-refractivity contribution is 0.476. The molecule has 72 valence electrons. The van der Waals surface area contributed by atoms with Crippen LogP contribution in [-0.2, 0) is 5.41 Å². The van der Waals surface area contributed by atoms with Gasteiger partial charge in [-0.1, -0.05) is 38.0 Å². The van der Waals surface area contributed by atoms with Crippen molar-refractivity contribution in [2.45, 2.75) is 35.8 Å². The fourth-order valence-corrected chi connectivity index (χ4v) is 3.49. The lowest BCUT2D eigenvalue weighted by atomic mass is 9.80. The molecule has 0 aromatic heterocycles. The summed E-state index contributed by atoms with van der Waals surface area (Å²) in [5.41, 5.74) is 1.66. The van der Waals surface area contributed by atoms with Crippen molar-refractivity contribution in [3.05, 3.63) is 29.8 Å². The zero-order valence-corrected chi connectivity index (χ0v) is 9.40. The first-order chi connectivity index (χ1) is 6.63. The van der Waals surface area contributed by atoms with E-state index in [1.54, 1.807) is 0 Å². The summed E-state index contributed by atoms with van der Waals surface area (Å²) in [6.07, 6.45) is 6.59. The monoisotopic (exact) mass is 202 g/mol. The van der Waals surface area contributed by atoms with Gasteiger partial charge in [-0.05, 0) is 23.5 Å². The fraction of sp³-hybridized carbons (Fsp3) is 0.385. The van der Waals surface area contributed by atoms with Crippen molar-refractivity contribution >= 4 is 11.8 Å². The van der Waals surface area contributed by atoms with Crippen LogP contribution in [0.3, 0.4) is 0 Å². The molecular weight excluding hydrogens is 188 g/mol. The number of thioether (sulfide) groups is 1. The van der Waals surface area contributed by atoms with Gasteiger partial charge in [-0.15, -0.1) is 18.2 Å². The van der Waals surface area contributed by atoms with E-state index in [4.69, 9.17) is 6.42 Å². The second kappa shape index (κ2) is 3.37. The summed E-state index contributed by atoms with van der Waals surface area (Å²) in [7, 11) is 0. The Bertz CT molecular complexity index is 384. The Labute approximate surface area is 90.1 Å². The molecular formula is C13H14S. The molecule has 1 unspecified atom stereocenters. The minimum absolute atomic E-state index is 0.221. The molecule has 1 aromatic carbocycles. The first-order valence-electron chi connectivity index (χ1n) is 4.86. The van der Waals surface area contributed by atoms with E-state index in [1.807, 2.05) is 11.8 Å². The highest BCUT2D eigenvalue weighted by Gasteiger charge is 2.32. The van der Waals surface area contributed by atoms with Crippen molar-refractivity contribution in [1.29, 1.82) is 0 Å². The summed E-state index contributed by atoms with van der Waals surface area (Å²) in [6.45, 7) is 4.55. The minimum Gasteiger partial charge on any atom is -0.119 e. The number of benzene rings is 1. The number of rotatable bonds is 0. The minimum atomic E-state index is 0.221. The Balaban J connectivity index is 2.48. The third-order valence-electron chi connectivity index (χ3n) is 2.77. The standard InChI is InChI=1S/C13H14S/c1-4-10-9-13(2,3)11-7-5-6-8-12(11)14-10/h1,5-8,10H,9H2,2-3H3. The van der Waals surface area contributed by atoms with Gasteiger partial charge >= 0.3 is 0 Å². The van der Waals surface area contributed by atoms with Crippen LogP contribution in [0.5, 0.6) is 0 Å². The Morgan fingerprint density at radius 2 is 2.14 bits per heavy atom. The summed E-state index contributed by atoms with van der Waals surface area (Å²) < 4.78 is 0. The molecule has 1 aromatic rings. The van der Waals surface area contributed by atoms with Crippen LogP contribution in [0, 0.1) is 12.3 Å². The van der Waals surface area contributed by atoms with Gasteiger partial charge in [0.25, 0.3) is 0 Å². The topological polar surface area (TPSA) is 0 Å². The maximum Gasteiger partial charge on any atom is 0.0709 e. The van der Waals surface area contributed by atoms with Crippen molar-refractivity contribution in [2.24, 2.45) is 0 Å². The van der Waals surface area contributed by atoms with Crippen molar-refractivity contribution in [3.63, 3.8) is 0 Å². The van der Waals surface area contributed by atoms with Crippen LogP contribution in [0.15, 0.2) is 29.2 Å². The molecule has 0 saturated heterocycles. The largest absolute Gasteiger partial charge is 0.119 e. The quantitative estimate of drug-likeness (QED) is 0.581. The Kier molecular flexibility index (Phi) is 2.33. The van der Waals surface area contributed by atoms with E-state index < -0.39 is 0 Å². The van der Waals surface area contributed by atoms with Crippen LogP contribution in [0.25, 0.3) is 0 Å². The summed E-state index contributed by atoms with van der Waals surface area (Å²) >= 11 is 1.82. The maximum atomic E-state index is 5.51. The smallest absolute Gasteiger partial charge is 0.0709 e. The Morgan fingerprint density at radius 3 is 2.86 bits per heavy atom. The first kappa shape index (κ1) is 9.68. The Hall–Kier alpha value is -0.870. The highest BCUT2D eigenvalue weighted by molar-refractivity contribution is 8.00. The first-order valence-corrected chi connectivity index (χ1v) is 5.74. The molecule has 1 heteroatoms. The number of fused-ring (bicyclic) bond motifs is 1. The lowest BCUT2D eigenvalue weighted by Crippen LogP contribution is -2.27. The molecule has 0 spiro atoms. The second-order valence-electron chi connectivity index (χ2n) is 4.36. The van der Waals surface area contributed by atoms with E-state index in [1.165, 1.54) is 10.5 Å². The van der Waals surface area contributed by atoms with Gasteiger partial charge in [0, 0.05) is 4.90 Å². The van der Waals surface area contributed by atoms with Gasteiger partial charge in [-0.3, -0.25) is 0 Å². The van der Waals surface area contributed by atoms with Crippen molar-refractivity contribution in [1.82, 2.24) is 0 Å². The normalized spacial score (nSPS) is 23.6. The van der Waals surface area contributed by atoms with Crippen molar-refractivity contribution < 1.29 is 0 Å². The number of hydrogen-bond acceptors (Lipinski definition) is 1. The average Bonchev–Trinajstić information content (AvgIpc) is 2.17. The molecule has 1 heterocycles. The van der Waals surface area contributed by atoms with E-state index in [2.05, 4.69) is 44.0 Å². The van der Waals surface area contributed by atoms with Gasteiger partial charge in [0.05, 0.1) is 5.25 Å². The van der Waals surface area contributed by atoms with Gasteiger partial charge in [-0.2, -0.15) is 0 Å². The van der Waals surface area contributed by atoms with Crippen molar-refractivity contribution in [3.8, 4) is 12.3 Å². The molecule has 14 heavy (non-hydrogen) atoms. The molecule has 1 aliphatic heterocycles. The molecule has 0 bridgehead atoms. The fourth-order valence-electron chi connectivity index (χ4n) is 1.99. The Morgan fingerprint density at radius 1 is 1.43 bits per heavy atom. The highest BCUT2D eigenvalue weighted by atomic mass is 32.2. The summed E-state index contributed by atoms with van der Waals surface area (Å²) in [6, 6.07) is 8.58. The molecule has 2 rings (SSSR count). The summed E-state index contributed by atoms with van der Waals surface area (Å²) in [4.78, 5) is 1.35. The lowest BCUT2D eigenvalue weighted by Gasteiger charge is -2.34. The van der Waals surface area contributed by atoms with Crippen LogP contribution in [0.1, 0.15) is 25.8 Å². The molecule has 1 aliphatic rings. The van der Waals surface area contributed by atoms with E-state index in [9.17, 15) is 0 Å². The van der Waals surface area contributed by atoms with E-state index in [-0.39, 0.29) is 5.41 Å². The molecule has 0 N–H and O–H groups in total. The molecule has 0 radical (unpaired) electrons. The number of hydrogen-bond donors (Lipinski definition) is 0. The van der Waals surface area contributed by atoms with Gasteiger partial charge in [-0.25, -0.2) is 0 Å². The molecule has 0 amide bonds. The molecule has 0 fully saturated rings. The van der Waals surface area contributed by atoms with Crippen molar-refractivity contribution in [2.75, 3.05) is 0 Å². The third kappa shape index (κ3) is 1.55. The average molecular weight is 202 g/mol. The molecule has 0 nitrogen and oxygen atoms in total. The van der Waals surface area contributed by atoms with Gasteiger partial charge < -0.3 is 0 Å². The predicted molar refractivity (Wildman–Crippen MR) is 62.6 cm³/mol. The summed E-state index contributed by atoms with van der Waals surface area (Å²) in [5, 5.41) is 0.333. The molecule has 0 saturated carbocycles. The zero-order chi connectivity index (χ0) is 10.2. The SMILES string of the molecule is C#CC1CC(C)(C)c2ccccc2S1. The maximum absolute atomic E-state index is 5.51. The van der Waals surface area contributed by atoms with E-state index in [0.717, 1.165) is 6.42 Å². The predicted octanol–water partition coefficient (Wildman–Crippen LogP) is 3.46. The van der Waals surface area contributed by atoms with Crippen LogP contribution in [0.4, 0.5) is 0 Å². The van der Waals surface area contributed by atoms with Crippen LogP contribution < -0.4 is 0 Å². The molecule has 0 aliphatic carbocycles. The highest BCUT2D eigenvalue weighted by Crippen LogP contribution is 2.44. The number of terminal acetylenes is 1. The van der Waals surface area contributed by atoms with Gasteiger partial charge in [0.2, 0.25) is 0 Å². The van der Waals surface area contributed by atoms with Crippen LogP contribution in [-0.4, -0.2) is 5.25 Å². The van der Waals surface area contributed by atoms with Crippen LogP contribution in [0.2, 0.25) is 0 Å². The second-order valence-corrected chi connectivity index (χ2v) is 5.60. The van der Waals surface area contributed by atoms with E-state index in [0.29, 0.717) is 5.25 Å².